The van der Waals surface area contributed by atoms with Gasteiger partial charge in [0.1, 0.15) is 0 Å². The Morgan fingerprint density at radius 2 is 1.62 bits per heavy atom. The van der Waals surface area contributed by atoms with Crippen molar-refractivity contribution in [3.8, 4) is 0 Å². The highest BCUT2D eigenvalue weighted by molar-refractivity contribution is 5.17. The Morgan fingerprint density at radius 1 is 0.769 bits per heavy atom. The second kappa shape index (κ2) is 1.70. The second-order valence-electron chi connectivity index (χ2n) is 5.64. The molecule has 0 aromatic rings. The second-order valence-corrected chi connectivity index (χ2v) is 5.64. The molecule has 8 unspecified atom stereocenters. The molecule has 3 aliphatic carbocycles. The van der Waals surface area contributed by atoms with Crippen LogP contribution >= 0.6 is 0 Å². The van der Waals surface area contributed by atoms with Crippen LogP contribution in [0.1, 0.15) is 19.3 Å². The third kappa shape index (κ3) is 0.511. The minimum absolute atomic E-state index is 0.597. The highest BCUT2D eigenvalue weighted by Gasteiger charge is 2.70. The van der Waals surface area contributed by atoms with Crippen molar-refractivity contribution in [2.75, 3.05) is 0 Å². The molecule has 6 rings (SSSR count). The Kier molecular flexibility index (Phi) is 0.838. The van der Waals surface area contributed by atoms with E-state index in [0.29, 0.717) is 24.4 Å². The van der Waals surface area contributed by atoms with E-state index < -0.39 is 0 Å². The Morgan fingerprint density at radius 3 is 2.62 bits per heavy atom. The molecule has 3 aliphatic heterocycles. The first-order valence-corrected chi connectivity index (χ1v) is 5.73. The van der Waals surface area contributed by atoms with Crippen molar-refractivity contribution < 1.29 is 9.47 Å². The molecular formula is C11H14O2. The van der Waals surface area contributed by atoms with Gasteiger partial charge >= 0.3 is 0 Å². The average Bonchev–Trinajstić information content (AvgIpc) is 2.64. The van der Waals surface area contributed by atoms with E-state index in [-0.39, 0.29) is 0 Å². The Hall–Kier alpha value is -0.0800. The molecular weight excluding hydrogens is 164 g/mol. The summed E-state index contributed by atoms with van der Waals surface area (Å²) in [5, 5.41) is 0. The van der Waals surface area contributed by atoms with Crippen molar-refractivity contribution >= 4 is 0 Å². The maximum absolute atomic E-state index is 6.14. The van der Waals surface area contributed by atoms with Crippen molar-refractivity contribution in [1.29, 1.82) is 0 Å². The molecule has 3 saturated carbocycles. The lowest BCUT2D eigenvalue weighted by atomic mass is 9.60. The standard InChI is InChI=1S/C11H14O2/c1-4-2-7-9-8-3-6(11(9)12-4)5(1)10(7)13-8/h4-11H,1-3H2. The van der Waals surface area contributed by atoms with Crippen LogP contribution in [0.5, 0.6) is 0 Å². The van der Waals surface area contributed by atoms with Crippen molar-refractivity contribution in [1.82, 2.24) is 0 Å². The van der Waals surface area contributed by atoms with E-state index >= 15 is 0 Å². The highest BCUT2D eigenvalue weighted by Crippen LogP contribution is 2.65. The fourth-order valence-electron chi connectivity index (χ4n) is 5.15. The van der Waals surface area contributed by atoms with Crippen LogP contribution < -0.4 is 0 Å². The van der Waals surface area contributed by atoms with Crippen LogP contribution in [0.2, 0.25) is 0 Å². The first-order chi connectivity index (χ1) is 6.42. The predicted molar refractivity (Wildman–Crippen MR) is 45.1 cm³/mol. The molecule has 0 N–H and O–H groups in total. The Bertz CT molecular complexity index is 252. The molecule has 6 fully saturated rings. The van der Waals surface area contributed by atoms with Gasteiger partial charge in [-0.05, 0) is 37.0 Å². The summed E-state index contributed by atoms with van der Waals surface area (Å²) in [6.07, 6.45) is 6.42. The first-order valence-electron chi connectivity index (χ1n) is 5.73. The molecule has 7 bridgehead atoms. The lowest BCUT2D eigenvalue weighted by Gasteiger charge is -2.55. The van der Waals surface area contributed by atoms with E-state index in [9.17, 15) is 0 Å². The van der Waals surface area contributed by atoms with Crippen molar-refractivity contribution in [2.45, 2.75) is 43.7 Å². The number of rotatable bonds is 0. The van der Waals surface area contributed by atoms with Gasteiger partial charge in [-0.2, -0.15) is 0 Å². The zero-order chi connectivity index (χ0) is 8.15. The lowest BCUT2D eigenvalue weighted by molar-refractivity contribution is -0.219. The summed E-state index contributed by atoms with van der Waals surface area (Å²) in [6.45, 7) is 0. The van der Waals surface area contributed by atoms with E-state index in [1.165, 1.54) is 19.3 Å². The first kappa shape index (κ1) is 6.41. The van der Waals surface area contributed by atoms with Gasteiger partial charge in [-0.3, -0.25) is 0 Å². The van der Waals surface area contributed by atoms with Gasteiger partial charge in [0.25, 0.3) is 0 Å². The number of hydrogen-bond acceptors (Lipinski definition) is 2. The van der Waals surface area contributed by atoms with Crippen LogP contribution in [0.25, 0.3) is 0 Å². The minimum Gasteiger partial charge on any atom is -0.374 e. The highest BCUT2D eigenvalue weighted by atomic mass is 16.5. The third-order valence-corrected chi connectivity index (χ3v) is 5.38. The lowest BCUT2D eigenvalue weighted by Crippen LogP contribution is -2.58. The zero-order valence-electron chi connectivity index (χ0n) is 7.56. The van der Waals surface area contributed by atoms with Crippen LogP contribution in [0.15, 0.2) is 0 Å². The zero-order valence-corrected chi connectivity index (χ0v) is 7.56. The molecule has 0 spiro atoms. The van der Waals surface area contributed by atoms with Crippen molar-refractivity contribution in [3.63, 3.8) is 0 Å². The Labute approximate surface area is 77.6 Å². The smallest absolute Gasteiger partial charge is 0.0668 e. The van der Waals surface area contributed by atoms with Gasteiger partial charge in [0.15, 0.2) is 0 Å². The topological polar surface area (TPSA) is 18.5 Å². The van der Waals surface area contributed by atoms with E-state index in [0.717, 1.165) is 23.7 Å². The molecule has 0 aromatic heterocycles. The largest absolute Gasteiger partial charge is 0.374 e. The molecule has 0 radical (unpaired) electrons. The van der Waals surface area contributed by atoms with Gasteiger partial charge in [-0.25, -0.2) is 0 Å². The molecule has 8 atom stereocenters. The van der Waals surface area contributed by atoms with Gasteiger partial charge in [0.2, 0.25) is 0 Å². The van der Waals surface area contributed by atoms with Crippen LogP contribution in [0.3, 0.4) is 0 Å². The molecule has 70 valence electrons. The average molecular weight is 178 g/mol. The van der Waals surface area contributed by atoms with Gasteiger partial charge in [0.05, 0.1) is 24.4 Å². The molecule has 2 heteroatoms. The van der Waals surface area contributed by atoms with Crippen LogP contribution in [0, 0.1) is 23.7 Å². The number of ether oxygens (including phenoxy) is 2. The summed E-state index contributed by atoms with van der Waals surface area (Å²) in [7, 11) is 0. The third-order valence-electron chi connectivity index (χ3n) is 5.38. The molecule has 0 amide bonds. The fraction of sp³-hybridized carbons (Fsp3) is 1.00. The fourth-order valence-corrected chi connectivity index (χ4v) is 5.15. The maximum atomic E-state index is 6.14. The molecule has 2 nitrogen and oxygen atoms in total. The van der Waals surface area contributed by atoms with Gasteiger partial charge < -0.3 is 9.47 Å². The van der Waals surface area contributed by atoms with E-state index in [1.54, 1.807) is 0 Å². The van der Waals surface area contributed by atoms with E-state index in [1.807, 2.05) is 0 Å². The predicted octanol–water partition coefficient (Wildman–Crippen LogP) is 1.20. The monoisotopic (exact) mass is 178 g/mol. The summed E-state index contributed by atoms with van der Waals surface area (Å²) in [4.78, 5) is 0. The molecule has 6 aliphatic rings. The molecule has 0 aromatic carbocycles. The van der Waals surface area contributed by atoms with Crippen LogP contribution in [-0.2, 0) is 9.47 Å². The summed E-state index contributed by atoms with van der Waals surface area (Å²) in [5.41, 5.74) is 0. The van der Waals surface area contributed by atoms with Crippen LogP contribution in [0.4, 0.5) is 0 Å². The van der Waals surface area contributed by atoms with Crippen LogP contribution in [-0.4, -0.2) is 24.4 Å². The molecule has 13 heavy (non-hydrogen) atoms. The summed E-state index contributed by atoms with van der Waals surface area (Å²) >= 11 is 0. The molecule has 3 saturated heterocycles. The van der Waals surface area contributed by atoms with Gasteiger partial charge in [0, 0.05) is 5.92 Å². The van der Waals surface area contributed by atoms with Crippen molar-refractivity contribution in [3.05, 3.63) is 0 Å². The Balaban J connectivity index is 1.77. The van der Waals surface area contributed by atoms with E-state index in [4.69, 9.17) is 9.47 Å². The summed E-state index contributed by atoms with van der Waals surface area (Å²) < 4.78 is 12.3. The summed E-state index contributed by atoms with van der Waals surface area (Å²) in [6, 6.07) is 0. The molecule has 3 heterocycles. The maximum Gasteiger partial charge on any atom is 0.0668 e. The van der Waals surface area contributed by atoms with Crippen molar-refractivity contribution in [2.24, 2.45) is 23.7 Å². The minimum atomic E-state index is 0.597. The van der Waals surface area contributed by atoms with E-state index in [2.05, 4.69) is 0 Å². The SMILES string of the molecule is C1C2CC3C4OC5CC(C14)C(O2)C53. The van der Waals surface area contributed by atoms with Gasteiger partial charge in [-0.15, -0.1) is 0 Å². The normalized spacial score (nSPS) is 75.7. The van der Waals surface area contributed by atoms with Gasteiger partial charge in [-0.1, -0.05) is 0 Å². The quantitative estimate of drug-likeness (QED) is 0.555. The number of hydrogen-bond donors (Lipinski definition) is 0. The summed E-state index contributed by atoms with van der Waals surface area (Å²) in [5.74, 6) is 3.48.